The van der Waals surface area contributed by atoms with Crippen molar-refractivity contribution in [3.8, 4) is 0 Å². The molecular formula is C16H33N2O8P. The van der Waals surface area contributed by atoms with Crippen LogP contribution in [0.2, 0.25) is 0 Å². The first kappa shape index (κ1) is 23.3. The topological polar surface area (TPSA) is 156 Å². The van der Waals surface area contributed by atoms with E-state index < -0.39 is 61.8 Å². The molecule has 0 radical (unpaired) electrons. The molecule has 2 fully saturated rings. The van der Waals surface area contributed by atoms with Crippen molar-refractivity contribution in [2.24, 2.45) is 11.7 Å². The first-order chi connectivity index (χ1) is 12.9. The molecule has 0 aromatic heterocycles. The van der Waals surface area contributed by atoms with E-state index in [9.17, 15) is 20.4 Å². The van der Waals surface area contributed by atoms with Gasteiger partial charge < -0.3 is 50.4 Å². The first-order valence-corrected chi connectivity index (χ1v) is 10.0. The van der Waals surface area contributed by atoms with E-state index in [0.29, 0.717) is 12.7 Å². The number of ether oxygens (including phenoxy) is 4. The minimum Gasteiger partial charge on any atom is -0.394 e. The SMILES string of the molecule is CC[C@H]1C(CO)O[C@H](O[C@@H]2C(O)C(N)[C@@H](OC)O[C@H]2CO)C(NCP)[C@@H]1O. The van der Waals surface area contributed by atoms with Crippen LogP contribution in [0.15, 0.2) is 0 Å². The monoisotopic (exact) mass is 412 g/mol. The predicted octanol–water partition coefficient (Wildman–Crippen LogP) is -2.68. The van der Waals surface area contributed by atoms with E-state index in [0.717, 1.165) is 0 Å². The summed E-state index contributed by atoms with van der Waals surface area (Å²) in [4.78, 5) is 0. The van der Waals surface area contributed by atoms with Gasteiger partial charge in [-0.25, -0.2) is 0 Å². The van der Waals surface area contributed by atoms with E-state index in [1.54, 1.807) is 0 Å². The third-order valence-electron chi connectivity index (χ3n) is 5.32. The highest BCUT2D eigenvalue weighted by Gasteiger charge is 2.50. The number of aliphatic hydroxyl groups excluding tert-OH is 4. The van der Waals surface area contributed by atoms with Crippen molar-refractivity contribution < 1.29 is 39.4 Å². The van der Waals surface area contributed by atoms with Crippen molar-refractivity contribution in [2.45, 2.75) is 68.5 Å². The van der Waals surface area contributed by atoms with Crippen molar-refractivity contribution in [2.75, 3.05) is 26.6 Å². The van der Waals surface area contributed by atoms with Gasteiger partial charge in [-0.05, 0) is 6.42 Å². The van der Waals surface area contributed by atoms with Crippen LogP contribution in [0, 0.1) is 5.92 Å². The molecule has 0 aromatic carbocycles. The number of hydrogen-bond donors (Lipinski definition) is 6. The third kappa shape index (κ3) is 4.96. The predicted molar refractivity (Wildman–Crippen MR) is 98.6 cm³/mol. The number of methoxy groups -OCH3 is 1. The average Bonchev–Trinajstić information content (AvgIpc) is 2.68. The van der Waals surface area contributed by atoms with Gasteiger partial charge in [0.15, 0.2) is 12.6 Å². The number of aliphatic hydroxyl groups is 4. The Hall–Kier alpha value is 0.0300. The molecule has 0 amide bonds. The normalized spacial score (nSPS) is 45.8. The molecule has 2 heterocycles. The van der Waals surface area contributed by atoms with Gasteiger partial charge in [0.25, 0.3) is 0 Å². The van der Waals surface area contributed by atoms with Crippen molar-refractivity contribution in [3.63, 3.8) is 0 Å². The summed E-state index contributed by atoms with van der Waals surface area (Å²) in [6, 6.07) is -1.49. The molecule has 0 spiro atoms. The van der Waals surface area contributed by atoms with E-state index in [1.165, 1.54) is 7.11 Å². The summed E-state index contributed by atoms with van der Waals surface area (Å²) in [5, 5.41) is 43.7. The molecule has 2 aliphatic heterocycles. The van der Waals surface area contributed by atoms with Crippen LogP contribution in [0.4, 0.5) is 0 Å². The van der Waals surface area contributed by atoms with Gasteiger partial charge in [-0.2, -0.15) is 0 Å². The zero-order chi connectivity index (χ0) is 20.1. The lowest BCUT2D eigenvalue weighted by Gasteiger charge is -2.48. The van der Waals surface area contributed by atoms with Gasteiger partial charge in [-0.3, -0.25) is 0 Å². The molecule has 11 heteroatoms. The van der Waals surface area contributed by atoms with Gasteiger partial charge in [-0.1, -0.05) is 6.92 Å². The van der Waals surface area contributed by atoms with Gasteiger partial charge in [0.1, 0.15) is 18.3 Å². The first-order valence-electron chi connectivity index (χ1n) is 9.19. The highest BCUT2D eigenvalue weighted by Crippen LogP contribution is 2.32. The molecule has 7 N–H and O–H groups in total. The number of rotatable bonds is 8. The van der Waals surface area contributed by atoms with Crippen molar-refractivity contribution in [3.05, 3.63) is 0 Å². The largest absolute Gasteiger partial charge is 0.394 e. The summed E-state index contributed by atoms with van der Waals surface area (Å²) in [7, 11) is 3.89. The molecule has 2 rings (SSSR count). The fourth-order valence-electron chi connectivity index (χ4n) is 3.78. The van der Waals surface area contributed by atoms with Crippen LogP contribution in [0.25, 0.3) is 0 Å². The Kier molecular flexibility index (Phi) is 9.24. The van der Waals surface area contributed by atoms with Crippen molar-refractivity contribution >= 4 is 9.24 Å². The summed E-state index contributed by atoms with van der Waals surface area (Å²) in [5.74, 6) is -0.273. The van der Waals surface area contributed by atoms with E-state index in [1.807, 2.05) is 6.92 Å². The van der Waals surface area contributed by atoms with Gasteiger partial charge >= 0.3 is 0 Å². The summed E-state index contributed by atoms with van der Waals surface area (Å²) in [6.45, 7) is 1.21. The molecule has 0 aliphatic carbocycles. The molecule has 2 saturated heterocycles. The van der Waals surface area contributed by atoms with Crippen LogP contribution in [0.1, 0.15) is 13.3 Å². The van der Waals surface area contributed by atoms with Crippen molar-refractivity contribution in [1.29, 1.82) is 0 Å². The smallest absolute Gasteiger partial charge is 0.176 e. The second-order valence-electron chi connectivity index (χ2n) is 6.85. The van der Waals surface area contributed by atoms with E-state index in [2.05, 4.69) is 14.6 Å². The van der Waals surface area contributed by atoms with Crippen molar-refractivity contribution in [1.82, 2.24) is 5.32 Å². The molecule has 27 heavy (non-hydrogen) atoms. The molecular weight excluding hydrogens is 379 g/mol. The van der Waals surface area contributed by atoms with Crippen LogP contribution in [-0.4, -0.2) is 102 Å². The van der Waals surface area contributed by atoms with Crippen LogP contribution in [0.3, 0.4) is 0 Å². The second-order valence-corrected chi connectivity index (χ2v) is 7.26. The zero-order valence-electron chi connectivity index (χ0n) is 15.7. The number of nitrogens with one attached hydrogen (secondary N) is 1. The fraction of sp³-hybridized carbons (Fsp3) is 1.00. The highest BCUT2D eigenvalue weighted by atomic mass is 31.0. The Balaban J connectivity index is 2.20. The highest BCUT2D eigenvalue weighted by molar-refractivity contribution is 7.16. The molecule has 0 saturated carbocycles. The lowest BCUT2D eigenvalue weighted by molar-refractivity contribution is -0.324. The van der Waals surface area contributed by atoms with Gasteiger partial charge in [0, 0.05) is 19.3 Å². The third-order valence-corrected chi connectivity index (χ3v) is 5.55. The lowest BCUT2D eigenvalue weighted by Crippen LogP contribution is -2.67. The molecule has 0 bridgehead atoms. The van der Waals surface area contributed by atoms with E-state index in [4.69, 9.17) is 24.7 Å². The number of nitrogens with two attached hydrogens (primary N) is 1. The molecule has 5 unspecified atom stereocenters. The summed E-state index contributed by atoms with van der Waals surface area (Å²) >= 11 is 0. The Bertz CT molecular complexity index is 449. The minimum atomic E-state index is -1.19. The Morgan fingerprint density at radius 3 is 2.22 bits per heavy atom. The van der Waals surface area contributed by atoms with Crippen LogP contribution >= 0.6 is 9.24 Å². The lowest BCUT2D eigenvalue weighted by atomic mass is 9.85. The van der Waals surface area contributed by atoms with Gasteiger partial charge in [-0.15, -0.1) is 9.24 Å². The van der Waals surface area contributed by atoms with Crippen LogP contribution < -0.4 is 11.1 Å². The Morgan fingerprint density at radius 1 is 1.07 bits per heavy atom. The molecule has 160 valence electrons. The van der Waals surface area contributed by atoms with E-state index in [-0.39, 0.29) is 12.5 Å². The maximum atomic E-state index is 10.8. The van der Waals surface area contributed by atoms with Crippen LogP contribution in [-0.2, 0) is 18.9 Å². The maximum Gasteiger partial charge on any atom is 0.176 e. The standard InChI is InChI=1S/C16H33N2O8P/c1-3-7-8(4-19)24-16(11(12(7)21)18-6-27)26-14-9(5-20)25-15(23-2)10(17)13(14)22/h7-16,18-22H,3-6,17,27H2,1-2H3/t7-,8?,9-,10?,11?,12+,13?,14-,15-,16+/m0/s1. The van der Waals surface area contributed by atoms with Gasteiger partial charge in [0.2, 0.25) is 0 Å². The summed E-state index contributed by atoms with van der Waals surface area (Å²) in [5.41, 5.74) is 5.95. The zero-order valence-corrected chi connectivity index (χ0v) is 16.8. The average molecular weight is 412 g/mol. The van der Waals surface area contributed by atoms with Crippen LogP contribution in [0.5, 0.6) is 0 Å². The Labute approximate surface area is 161 Å². The fourth-order valence-corrected chi connectivity index (χ4v) is 4.05. The summed E-state index contributed by atoms with van der Waals surface area (Å²) in [6.07, 6.45) is -5.30. The molecule has 11 atom stereocenters. The quantitative estimate of drug-likeness (QED) is 0.232. The summed E-state index contributed by atoms with van der Waals surface area (Å²) < 4.78 is 22.5. The number of hydrogen-bond acceptors (Lipinski definition) is 10. The molecule has 2 aliphatic rings. The van der Waals surface area contributed by atoms with Gasteiger partial charge in [0.05, 0.1) is 37.5 Å². The Morgan fingerprint density at radius 2 is 1.70 bits per heavy atom. The molecule has 0 aromatic rings. The second kappa shape index (κ2) is 10.7. The van der Waals surface area contributed by atoms with E-state index >= 15 is 0 Å². The minimum absolute atomic E-state index is 0.273. The maximum absolute atomic E-state index is 10.8. The molecule has 10 nitrogen and oxygen atoms in total.